The maximum Gasteiger partial charge on any atom is 0.341 e. The van der Waals surface area contributed by atoms with Gasteiger partial charge in [-0.1, -0.05) is 6.92 Å². The molecule has 3 N–H and O–H groups in total. The first-order valence-corrected chi connectivity index (χ1v) is 9.35. The Labute approximate surface area is 159 Å². The highest BCUT2D eigenvalue weighted by Gasteiger charge is 2.24. The van der Waals surface area contributed by atoms with Crippen molar-refractivity contribution in [2.75, 3.05) is 31.6 Å². The molecule has 8 heteroatoms. The maximum atomic E-state index is 12.4. The summed E-state index contributed by atoms with van der Waals surface area (Å²) in [7, 11) is 0. The van der Waals surface area contributed by atoms with Crippen molar-refractivity contribution in [2.24, 2.45) is 5.73 Å². The number of thiophene rings is 1. The molecule has 0 atom stereocenters. The number of amides is 1. The van der Waals surface area contributed by atoms with Crippen LogP contribution < -0.4 is 11.1 Å². The lowest BCUT2D eigenvalue weighted by Gasteiger charge is -2.29. The minimum absolute atomic E-state index is 0. The molecule has 1 fully saturated rings. The Morgan fingerprint density at radius 2 is 1.96 bits per heavy atom. The summed E-state index contributed by atoms with van der Waals surface area (Å²) in [6.07, 6.45) is 2.56. The fourth-order valence-electron chi connectivity index (χ4n) is 2.99. The van der Waals surface area contributed by atoms with Crippen molar-refractivity contribution in [1.29, 1.82) is 0 Å². The van der Waals surface area contributed by atoms with Gasteiger partial charge in [0, 0.05) is 24.0 Å². The van der Waals surface area contributed by atoms with Gasteiger partial charge in [0.25, 0.3) is 0 Å². The van der Waals surface area contributed by atoms with Crippen molar-refractivity contribution in [3.8, 4) is 0 Å². The smallest absolute Gasteiger partial charge is 0.341 e. The molecule has 0 bridgehead atoms. The Bertz CT molecular complexity index is 598. The van der Waals surface area contributed by atoms with Crippen LogP contribution in [0.2, 0.25) is 0 Å². The number of piperidine rings is 1. The number of carbonyl (C=O) groups excluding carboxylic acids is 2. The van der Waals surface area contributed by atoms with Crippen LogP contribution in [0.1, 0.15) is 47.5 Å². The second kappa shape index (κ2) is 10.1. The molecule has 0 spiro atoms. The third kappa shape index (κ3) is 5.67. The van der Waals surface area contributed by atoms with E-state index in [2.05, 4.69) is 10.2 Å². The van der Waals surface area contributed by atoms with Crippen LogP contribution in [0.15, 0.2) is 0 Å². The fourth-order valence-corrected chi connectivity index (χ4v) is 4.14. The summed E-state index contributed by atoms with van der Waals surface area (Å²) >= 11 is 1.44. The van der Waals surface area contributed by atoms with Crippen molar-refractivity contribution in [3.05, 3.63) is 16.0 Å². The molecule has 1 aromatic rings. The van der Waals surface area contributed by atoms with E-state index in [4.69, 9.17) is 10.5 Å². The van der Waals surface area contributed by atoms with Crippen LogP contribution >= 0.6 is 23.7 Å². The van der Waals surface area contributed by atoms with Crippen LogP contribution in [0, 0.1) is 6.92 Å². The number of rotatable bonds is 6. The number of halogens is 1. The van der Waals surface area contributed by atoms with Gasteiger partial charge in [-0.05, 0) is 38.7 Å². The first kappa shape index (κ1) is 21.9. The highest BCUT2D eigenvalue weighted by molar-refractivity contribution is 7.16. The number of nitrogens with zero attached hydrogens (tertiary/aromatic N) is 1. The van der Waals surface area contributed by atoms with Gasteiger partial charge in [-0.25, -0.2) is 4.79 Å². The van der Waals surface area contributed by atoms with Crippen LogP contribution in [-0.4, -0.2) is 49.1 Å². The van der Waals surface area contributed by atoms with Crippen molar-refractivity contribution < 1.29 is 14.3 Å². The summed E-state index contributed by atoms with van der Waals surface area (Å²) in [5.74, 6) is -0.460. The Balaban J connectivity index is 0.00000312. The van der Waals surface area contributed by atoms with Gasteiger partial charge in [0.2, 0.25) is 5.91 Å². The van der Waals surface area contributed by atoms with E-state index in [1.54, 1.807) is 6.92 Å². The molecule has 25 heavy (non-hydrogen) atoms. The molecule has 142 valence electrons. The molecule has 0 saturated carbocycles. The standard InChI is InChI=1S/C17H27N3O3S.ClH/c1-4-13-11(3)24-16(15(13)17(22)23-5-2)19-14(21)10-20-8-6-12(18)7-9-20;/h12H,4-10,18H2,1-3H3,(H,19,21);1H. The quantitative estimate of drug-likeness (QED) is 0.730. The number of carbonyl (C=O) groups is 2. The molecule has 1 amide bonds. The number of aryl methyl sites for hydroxylation is 1. The fraction of sp³-hybridized carbons (Fsp3) is 0.647. The van der Waals surface area contributed by atoms with E-state index >= 15 is 0 Å². The van der Waals surface area contributed by atoms with Gasteiger partial charge in [-0.2, -0.15) is 0 Å². The molecule has 1 aromatic heterocycles. The minimum atomic E-state index is -0.363. The van der Waals surface area contributed by atoms with Crippen LogP contribution in [0.4, 0.5) is 5.00 Å². The third-order valence-corrected chi connectivity index (χ3v) is 5.36. The first-order chi connectivity index (χ1) is 11.5. The van der Waals surface area contributed by atoms with E-state index in [0.717, 1.165) is 42.8 Å². The molecule has 0 aliphatic carbocycles. The summed E-state index contributed by atoms with van der Waals surface area (Å²) < 4.78 is 5.16. The van der Waals surface area contributed by atoms with Gasteiger partial charge in [0.15, 0.2) is 0 Å². The van der Waals surface area contributed by atoms with Gasteiger partial charge < -0.3 is 15.8 Å². The zero-order valence-electron chi connectivity index (χ0n) is 15.1. The molecule has 6 nitrogen and oxygen atoms in total. The minimum Gasteiger partial charge on any atom is -0.462 e. The molecule has 1 aliphatic heterocycles. The Hall–Kier alpha value is -1.15. The number of nitrogens with two attached hydrogens (primary N) is 1. The molecule has 2 rings (SSSR count). The maximum absolute atomic E-state index is 12.4. The molecule has 1 saturated heterocycles. The Morgan fingerprint density at radius 1 is 1.32 bits per heavy atom. The van der Waals surface area contributed by atoms with E-state index in [1.807, 2.05) is 13.8 Å². The number of ether oxygens (including phenoxy) is 1. The average Bonchev–Trinajstić information content (AvgIpc) is 2.85. The topological polar surface area (TPSA) is 84.7 Å². The molecule has 0 radical (unpaired) electrons. The van der Waals surface area contributed by atoms with E-state index in [9.17, 15) is 9.59 Å². The van der Waals surface area contributed by atoms with E-state index in [0.29, 0.717) is 23.7 Å². The number of nitrogens with one attached hydrogen (secondary N) is 1. The highest BCUT2D eigenvalue weighted by atomic mass is 35.5. The van der Waals surface area contributed by atoms with Gasteiger partial charge in [-0.3, -0.25) is 9.69 Å². The second-order valence-electron chi connectivity index (χ2n) is 6.08. The summed E-state index contributed by atoms with van der Waals surface area (Å²) in [6.45, 7) is 8.06. The molecule has 1 aliphatic rings. The molecular weight excluding hydrogens is 362 g/mol. The SMILES string of the molecule is CCOC(=O)c1c(NC(=O)CN2CCC(N)CC2)sc(C)c1CC.Cl. The van der Waals surface area contributed by atoms with E-state index < -0.39 is 0 Å². The highest BCUT2D eigenvalue weighted by Crippen LogP contribution is 2.34. The van der Waals surface area contributed by atoms with Gasteiger partial charge in [0.05, 0.1) is 18.7 Å². The third-order valence-electron chi connectivity index (χ3n) is 4.29. The largest absolute Gasteiger partial charge is 0.462 e. The summed E-state index contributed by atoms with van der Waals surface area (Å²) in [5, 5.41) is 3.51. The molecule has 0 aromatic carbocycles. The average molecular weight is 390 g/mol. The Kier molecular flexibility index (Phi) is 8.85. The zero-order valence-corrected chi connectivity index (χ0v) is 16.7. The predicted molar refractivity (Wildman–Crippen MR) is 104 cm³/mol. The summed E-state index contributed by atoms with van der Waals surface area (Å²) in [6, 6.07) is 0.242. The molecular formula is C17H28ClN3O3S. The number of hydrogen-bond acceptors (Lipinski definition) is 6. The van der Waals surface area contributed by atoms with Crippen molar-refractivity contribution in [3.63, 3.8) is 0 Å². The lowest BCUT2D eigenvalue weighted by molar-refractivity contribution is -0.117. The molecule has 0 unspecified atom stereocenters. The van der Waals surface area contributed by atoms with Crippen LogP contribution in [0.25, 0.3) is 0 Å². The van der Waals surface area contributed by atoms with Crippen LogP contribution in [-0.2, 0) is 16.0 Å². The first-order valence-electron chi connectivity index (χ1n) is 8.53. The van der Waals surface area contributed by atoms with Crippen molar-refractivity contribution in [2.45, 2.75) is 46.1 Å². The van der Waals surface area contributed by atoms with E-state index in [1.165, 1.54) is 11.3 Å². The normalized spacial score (nSPS) is 15.5. The van der Waals surface area contributed by atoms with E-state index in [-0.39, 0.29) is 30.3 Å². The van der Waals surface area contributed by atoms with Gasteiger partial charge >= 0.3 is 5.97 Å². The lowest BCUT2D eigenvalue weighted by atomic mass is 10.1. The number of esters is 1. The van der Waals surface area contributed by atoms with Gasteiger partial charge in [0.1, 0.15) is 5.00 Å². The summed E-state index contributed by atoms with van der Waals surface area (Å²) in [4.78, 5) is 27.8. The molecule has 2 heterocycles. The number of anilines is 1. The predicted octanol–water partition coefficient (Wildman–Crippen LogP) is 2.58. The summed E-state index contributed by atoms with van der Waals surface area (Å²) in [5.41, 5.74) is 7.36. The zero-order chi connectivity index (χ0) is 17.7. The number of likely N-dealkylation sites (tertiary alicyclic amines) is 1. The van der Waals surface area contributed by atoms with Crippen LogP contribution in [0.5, 0.6) is 0 Å². The second-order valence-corrected chi connectivity index (χ2v) is 7.30. The van der Waals surface area contributed by atoms with Gasteiger partial charge in [-0.15, -0.1) is 23.7 Å². The number of hydrogen-bond donors (Lipinski definition) is 2. The van der Waals surface area contributed by atoms with Crippen LogP contribution in [0.3, 0.4) is 0 Å². The lowest BCUT2D eigenvalue weighted by Crippen LogP contribution is -2.43. The van der Waals surface area contributed by atoms with Crippen molar-refractivity contribution >= 4 is 40.6 Å². The monoisotopic (exact) mass is 389 g/mol. The van der Waals surface area contributed by atoms with Crippen molar-refractivity contribution in [1.82, 2.24) is 4.90 Å². The Morgan fingerprint density at radius 3 is 2.52 bits per heavy atom.